The van der Waals surface area contributed by atoms with Crippen molar-refractivity contribution in [3.8, 4) is 0 Å². The van der Waals surface area contributed by atoms with E-state index in [0.717, 1.165) is 9.26 Å². The van der Waals surface area contributed by atoms with Gasteiger partial charge < -0.3 is 10.2 Å². The second-order valence-electron chi connectivity index (χ2n) is 6.19. The van der Waals surface area contributed by atoms with E-state index in [-0.39, 0.29) is 17.7 Å². The summed E-state index contributed by atoms with van der Waals surface area (Å²) in [6.07, 6.45) is 1.26. The van der Waals surface area contributed by atoms with Crippen molar-refractivity contribution in [3.05, 3.63) is 61.6 Å². The molecule has 26 heavy (non-hydrogen) atoms. The van der Waals surface area contributed by atoms with Gasteiger partial charge >= 0.3 is 0 Å². The van der Waals surface area contributed by atoms with E-state index in [1.807, 2.05) is 24.3 Å². The monoisotopic (exact) mass is 502 g/mol. The molecule has 0 saturated carbocycles. The third-order valence-electron chi connectivity index (χ3n) is 4.43. The molecule has 0 bridgehead atoms. The zero-order valence-corrected chi connectivity index (χ0v) is 17.5. The molecule has 2 aromatic carbocycles. The first-order valence-corrected chi connectivity index (χ1v) is 10.1. The molecule has 0 atom stereocenters. The van der Waals surface area contributed by atoms with Crippen molar-refractivity contribution in [2.75, 3.05) is 18.4 Å². The molecule has 136 valence electrons. The molecule has 2 amide bonds. The van der Waals surface area contributed by atoms with E-state index >= 15 is 0 Å². The summed E-state index contributed by atoms with van der Waals surface area (Å²) in [7, 11) is 0. The molecule has 1 heterocycles. The van der Waals surface area contributed by atoms with E-state index in [9.17, 15) is 9.59 Å². The van der Waals surface area contributed by atoms with E-state index in [2.05, 4.69) is 27.9 Å². The maximum absolute atomic E-state index is 12.6. The number of hydrogen-bond donors (Lipinski definition) is 1. The third kappa shape index (κ3) is 4.69. The number of amides is 2. The van der Waals surface area contributed by atoms with Gasteiger partial charge in [-0.05, 0) is 77.9 Å². The normalized spacial score (nSPS) is 15.0. The Kier molecular flexibility index (Phi) is 6.42. The second-order valence-corrected chi connectivity index (χ2v) is 8.28. The minimum atomic E-state index is -0.122. The number of carbonyl (C=O) groups is 2. The van der Waals surface area contributed by atoms with Crippen LogP contribution < -0.4 is 5.32 Å². The van der Waals surface area contributed by atoms with Crippen molar-refractivity contribution in [1.29, 1.82) is 0 Å². The van der Waals surface area contributed by atoms with E-state index in [0.29, 0.717) is 41.5 Å². The number of likely N-dealkylation sites (tertiary alicyclic amines) is 1. The van der Waals surface area contributed by atoms with Crippen molar-refractivity contribution >= 4 is 63.3 Å². The van der Waals surface area contributed by atoms with Gasteiger partial charge in [-0.15, -0.1) is 0 Å². The molecular weight excluding hydrogens is 486 g/mol. The lowest BCUT2D eigenvalue weighted by molar-refractivity contribution is -0.121. The van der Waals surface area contributed by atoms with E-state index in [1.54, 1.807) is 23.1 Å². The number of nitrogens with one attached hydrogen (secondary N) is 1. The molecule has 1 aliphatic heterocycles. The molecule has 4 nitrogen and oxygen atoms in total. The summed E-state index contributed by atoms with van der Waals surface area (Å²) >= 11 is 14.2. The molecule has 1 aliphatic rings. The molecular formula is C19H17Cl2IN2O2. The van der Waals surface area contributed by atoms with Crippen molar-refractivity contribution in [2.24, 2.45) is 5.92 Å². The quantitative estimate of drug-likeness (QED) is 0.594. The number of rotatable bonds is 3. The van der Waals surface area contributed by atoms with Gasteiger partial charge in [-0.25, -0.2) is 0 Å². The summed E-state index contributed by atoms with van der Waals surface area (Å²) in [5.74, 6) is -0.218. The number of anilines is 1. The maximum Gasteiger partial charge on any atom is 0.255 e. The molecule has 0 spiro atoms. The van der Waals surface area contributed by atoms with E-state index in [1.165, 1.54) is 0 Å². The van der Waals surface area contributed by atoms with Crippen LogP contribution in [0.4, 0.5) is 5.69 Å². The van der Waals surface area contributed by atoms with Crippen LogP contribution in [0.5, 0.6) is 0 Å². The molecule has 0 radical (unpaired) electrons. The highest BCUT2D eigenvalue weighted by molar-refractivity contribution is 14.1. The third-order valence-corrected chi connectivity index (χ3v) is 5.69. The first-order valence-electron chi connectivity index (χ1n) is 8.25. The van der Waals surface area contributed by atoms with Gasteiger partial charge in [0.1, 0.15) is 0 Å². The van der Waals surface area contributed by atoms with Crippen LogP contribution in [0.3, 0.4) is 0 Å². The predicted molar refractivity (Wildman–Crippen MR) is 113 cm³/mol. The Labute approximate surface area is 176 Å². The van der Waals surface area contributed by atoms with Crippen molar-refractivity contribution in [1.82, 2.24) is 4.90 Å². The highest BCUT2D eigenvalue weighted by Gasteiger charge is 2.28. The Hall–Kier alpha value is -1.31. The minimum Gasteiger partial charge on any atom is -0.339 e. The molecule has 0 unspecified atom stereocenters. The van der Waals surface area contributed by atoms with Crippen LogP contribution in [0.2, 0.25) is 10.0 Å². The number of carbonyl (C=O) groups excluding carboxylic acids is 2. The van der Waals surface area contributed by atoms with Gasteiger partial charge in [-0.2, -0.15) is 0 Å². The Morgan fingerprint density at radius 1 is 1.04 bits per heavy atom. The molecule has 0 aromatic heterocycles. The molecule has 7 heteroatoms. The standard InChI is InChI=1S/C19H17Cl2IN2O2/c20-13-1-6-16(17(21)11-13)19(26)24-9-7-12(8-10-24)18(25)23-15-4-2-14(22)3-5-15/h1-6,11-12H,7-10H2,(H,23,25). The number of hydrogen-bond acceptors (Lipinski definition) is 2. The average molecular weight is 503 g/mol. The van der Waals surface area contributed by atoms with Gasteiger partial charge in [0.15, 0.2) is 0 Å². The van der Waals surface area contributed by atoms with Crippen LogP contribution in [0.1, 0.15) is 23.2 Å². The predicted octanol–water partition coefficient (Wildman–Crippen LogP) is 5.09. The average Bonchev–Trinajstić information content (AvgIpc) is 2.63. The maximum atomic E-state index is 12.6. The van der Waals surface area contributed by atoms with Gasteiger partial charge in [0.25, 0.3) is 5.91 Å². The molecule has 1 fully saturated rings. The summed E-state index contributed by atoms with van der Waals surface area (Å²) in [6, 6.07) is 12.5. The van der Waals surface area contributed by atoms with Gasteiger partial charge in [0, 0.05) is 33.3 Å². The van der Waals surface area contributed by atoms with Crippen molar-refractivity contribution < 1.29 is 9.59 Å². The summed E-state index contributed by atoms with van der Waals surface area (Å²) in [5, 5.41) is 3.79. The molecule has 1 saturated heterocycles. The fourth-order valence-corrected chi connectivity index (χ4v) is 3.80. The lowest BCUT2D eigenvalue weighted by Gasteiger charge is -2.31. The lowest BCUT2D eigenvalue weighted by Crippen LogP contribution is -2.41. The van der Waals surface area contributed by atoms with E-state index < -0.39 is 0 Å². The zero-order valence-electron chi connectivity index (χ0n) is 13.8. The van der Waals surface area contributed by atoms with Crippen LogP contribution in [-0.2, 0) is 4.79 Å². The number of benzene rings is 2. The highest BCUT2D eigenvalue weighted by Crippen LogP contribution is 2.25. The topological polar surface area (TPSA) is 49.4 Å². The van der Waals surface area contributed by atoms with Crippen molar-refractivity contribution in [2.45, 2.75) is 12.8 Å². The van der Waals surface area contributed by atoms with Crippen LogP contribution in [0.25, 0.3) is 0 Å². The molecule has 3 rings (SSSR count). The summed E-state index contributed by atoms with van der Waals surface area (Å²) in [4.78, 5) is 26.8. The first-order chi connectivity index (χ1) is 12.4. The SMILES string of the molecule is O=C(Nc1ccc(I)cc1)C1CCN(C(=O)c2ccc(Cl)cc2Cl)CC1. The van der Waals surface area contributed by atoms with Crippen LogP contribution in [-0.4, -0.2) is 29.8 Å². The Morgan fingerprint density at radius 3 is 2.31 bits per heavy atom. The van der Waals surface area contributed by atoms with Gasteiger partial charge in [0.05, 0.1) is 10.6 Å². The van der Waals surface area contributed by atoms with Gasteiger partial charge in [-0.3, -0.25) is 9.59 Å². The fraction of sp³-hybridized carbons (Fsp3) is 0.263. The summed E-state index contributed by atoms with van der Waals surface area (Å²) < 4.78 is 1.12. The van der Waals surface area contributed by atoms with E-state index in [4.69, 9.17) is 23.2 Å². The Balaban J connectivity index is 1.57. The first kappa shape index (κ1) is 19.5. The second kappa shape index (κ2) is 8.59. The van der Waals surface area contributed by atoms with Crippen LogP contribution >= 0.6 is 45.8 Å². The van der Waals surface area contributed by atoms with Crippen LogP contribution in [0, 0.1) is 9.49 Å². The van der Waals surface area contributed by atoms with Crippen molar-refractivity contribution in [3.63, 3.8) is 0 Å². The molecule has 2 aromatic rings. The van der Waals surface area contributed by atoms with Crippen LogP contribution in [0.15, 0.2) is 42.5 Å². The minimum absolute atomic E-state index is 0.00262. The largest absolute Gasteiger partial charge is 0.339 e. The number of piperidine rings is 1. The Morgan fingerprint density at radius 2 is 1.69 bits per heavy atom. The smallest absolute Gasteiger partial charge is 0.255 e. The summed E-state index contributed by atoms with van der Waals surface area (Å²) in [5.41, 5.74) is 1.24. The summed E-state index contributed by atoms with van der Waals surface area (Å²) in [6.45, 7) is 1.06. The van der Waals surface area contributed by atoms with Gasteiger partial charge in [0.2, 0.25) is 5.91 Å². The lowest BCUT2D eigenvalue weighted by atomic mass is 9.95. The zero-order chi connectivity index (χ0) is 18.7. The fourth-order valence-electron chi connectivity index (χ4n) is 2.96. The molecule has 0 aliphatic carbocycles. The molecule has 1 N–H and O–H groups in total. The number of halogens is 3. The Bertz CT molecular complexity index is 819. The van der Waals surface area contributed by atoms with Gasteiger partial charge in [-0.1, -0.05) is 23.2 Å². The number of nitrogens with zero attached hydrogens (tertiary/aromatic N) is 1. The highest BCUT2D eigenvalue weighted by atomic mass is 127.